The maximum Gasteiger partial charge on any atom is 0.320 e. The van der Waals surface area contributed by atoms with Crippen LogP contribution in [-0.4, -0.2) is 28.6 Å². The first-order chi connectivity index (χ1) is 8.19. The lowest BCUT2D eigenvalue weighted by atomic mass is 10.1. The summed E-state index contributed by atoms with van der Waals surface area (Å²) in [6.45, 7) is 5.64. The monoisotopic (exact) mass is 255 g/mol. The van der Waals surface area contributed by atoms with E-state index in [0.717, 1.165) is 32.4 Å². The second kappa shape index (κ2) is 7.45. The topological polar surface area (TPSA) is 40.5 Å². The third-order valence-electron chi connectivity index (χ3n) is 2.90. The molecule has 0 aliphatic carbocycles. The maximum absolute atomic E-state index is 11.3. The van der Waals surface area contributed by atoms with E-state index in [0.29, 0.717) is 0 Å². The first kappa shape index (κ1) is 14.2. The van der Waals surface area contributed by atoms with Crippen molar-refractivity contribution < 1.29 is 9.90 Å². The predicted octanol–water partition coefficient (Wildman–Crippen LogP) is 3.21. The van der Waals surface area contributed by atoms with E-state index in [1.807, 2.05) is 23.3 Å². The molecule has 0 fully saturated rings. The van der Waals surface area contributed by atoms with Gasteiger partial charge in [-0.05, 0) is 24.4 Å². The smallest absolute Gasteiger partial charge is 0.320 e. The average molecular weight is 255 g/mol. The van der Waals surface area contributed by atoms with Gasteiger partial charge in [-0.1, -0.05) is 32.8 Å². The van der Waals surface area contributed by atoms with E-state index in [9.17, 15) is 9.90 Å². The lowest BCUT2D eigenvalue weighted by molar-refractivity contribution is -0.143. The van der Waals surface area contributed by atoms with Crippen LogP contribution in [0.5, 0.6) is 0 Å². The molecule has 0 saturated carbocycles. The van der Waals surface area contributed by atoms with E-state index in [1.54, 1.807) is 11.3 Å². The van der Waals surface area contributed by atoms with Gasteiger partial charge in [-0.15, -0.1) is 11.3 Å². The van der Waals surface area contributed by atoms with Crippen molar-refractivity contribution in [2.45, 2.75) is 45.7 Å². The summed E-state index contributed by atoms with van der Waals surface area (Å²) in [6.07, 6.45) is 2.75. The first-order valence-corrected chi connectivity index (χ1v) is 7.06. The fourth-order valence-corrected chi connectivity index (χ4v) is 2.63. The minimum atomic E-state index is -0.697. The summed E-state index contributed by atoms with van der Waals surface area (Å²) in [4.78, 5) is 14.6. The zero-order chi connectivity index (χ0) is 12.7. The number of thiophene rings is 1. The van der Waals surface area contributed by atoms with E-state index in [1.165, 1.54) is 4.88 Å². The molecule has 1 atom stereocenters. The molecule has 0 amide bonds. The molecule has 3 nitrogen and oxygen atoms in total. The lowest BCUT2D eigenvalue weighted by Crippen LogP contribution is -2.40. The Balaban J connectivity index is 2.64. The molecule has 1 heterocycles. The number of rotatable bonds is 8. The van der Waals surface area contributed by atoms with Gasteiger partial charge in [0.2, 0.25) is 0 Å². The Bertz CT molecular complexity index is 324. The molecule has 1 aromatic heterocycles. The Morgan fingerprint density at radius 3 is 2.76 bits per heavy atom. The number of nitrogens with zero attached hydrogens (tertiary/aromatic N) is 1. The van der Waals surface area contributed by atoms with E-state index < -0.39 is 5.97 Å². The number of carboxylic acids is 1. The quantitative estimate of drug-likeness (QED) is 0.775. The highest BCUT2D eigenvalue weighted by Crippen LogP contribution is 2.16. The third kappa shape index (κ3) is 4.48. The van der Waals surface area contributed by atoms with Crippen LogP contribution in [0.15, 0.2) is 17.5 Å². The molecule has 0 saturated heterocycles. The van der Waals surface area contributed by atoms with Gasteiger partial charge in [-0.3, -0.25) is 9.69 Å². The molecule has 96 valence electrons. The van der Waals surface area contributed by atoms with Gasteiger partial charge >= 0.3 is 5.97 Å². The number of likely N-dealkylation sites (N-methyl/N-ethyl adjacent to an activating group) is 1. The summed E-state index contributed by atoms with van der Waals surface area (Å²) >= 11 is 1.68. The van der Waals surface area contributed by atoms with Crippen molar-refractivity contribution in [2.75, 3.05) is 6.54 Å². The van der Waals surface area contributed by atoms with Crippen LogP contribution in [-0.2, 0) is 11.3 Å². The Morgan fingerprint density at radius 1 is 1.53 bits per heavy atom. The van der Waals surface area contributed by atoms with E-state index in [-0.39, 0.29) is 6.04 Å². The van der Waals surface area contributed by atoms with Crippen molar-refractivity contribution in [1.29, 1.82) is 0 Å². The van der Waals surface area contributed by atoms with Crippen LogP contribution in [0.3, 0.4) is 0 Å². The summed E-state index contributed by atoms with van der Waals surface area (Å²) in [5.41, 5.74) is 0. The molecule has 0 aliphatic rings. The summed E-state index contributed by atoms with van der Waals surface area (Å²) in [7, 11) is 0. The zero-order valence-corrected chi connectivity index (χ0v) is 11.4. The highest BCUT2D eigenvalue weighted by molar-refractivity contribution is 7.09. The fraction of sp³-hybridized carbons (Fsp3) is 0.615. The second-order valence-corrected chi connectivity index (χ2v) is 5.17. The van der Waals surface area contributed by atoms with Crippen molar-refractivity contribution in [1.82, 2.24) is 4.90 Å². The third-order valence-corrected chi connectivity index (χ3v) is 3.76. The van der Waals surface area contributed by atoms with E-state index in [2.05, 4.69) is 13.0 Å². The average Bonchev–Trinajstić information content (AvgIpc) is 2.80. The number of aliphatic carboxylic acids is 1. The van der Waals surface area contributed by atoms with Gasteiger partial charge < -0.3 is 5.11 Å². The normalized spacial score (nSPS) is 12.9. The van der Waals surface area contributed by atoms with E-state index >= 15 is 0 Å². The van der Waals surface area contributed by atoms with Gasteiger partial charge in [0.25, 0.3) is 0 Å². The van der Waals surface area contributed by atoms with Crippen molar-refractivity contribution in [2.24, 2.45) is 0 Å². The molecule has 0 aromatic carbocycles. The molecule has 17 heavy (non-hydrogen) atoms. The molecule has 0 aliphatic heterocycles. The summed E-state index contributed by atoms with van der Waals surface area (Å²) in [6, 6.07) is 3.73. The summed E-state index contributed by atoms with van der Waals surface area (Å²) < 4.78 is 0. The molecular weight excluding hydrogens is 234 g/mol. The van der Waals surface area contributed by atoms with Gasteiger partial charge in [0.15, 0.2) is 0 Å². The van der Waals surface area contributed by atoms with Crippen LogP contribution in [0.1, 0.15) is 38.0 Å². The zero-order valence-electron chi connectivity index (χ0n) is 10.6. The minimum Gasteiger partial charge on any atom is -0.480 e. The first-order valence-electron chi connectivity index (χ1n) is 6.18. The van der Waals surface area contributed by atoms with Gasteiger partial charge in [0.1, 0.15) is 6.04 Å². The lowest BCUT2D eigenvalue weighted by Gasteiger charge is -2.27. The standard InChI is InChI=1S/C13H21NO2S/c1-3-5-8-12(13(15)16)14(4-2)10-11-7-6-9-17-11/h6-7,9,12H,3-5,8,10H2,1-2H3,(H,15,16). The minimum absolute atomic E-state index is 0.345. The molecule has 4 heteroatoms. The van der Waals surface area contributed by atoms with Crippen molar-refractivity contribution in [3.63, 3.8) is 0 Å². The molecule has 1 unspecified atom stereocenters. The molecule has 1 aromatic rings. The summed E-state index contributed by atoms with van der Waals surface area (Å²) in [5, 5.41) is 11.3. The SMILES string of the molecule is CCCCC(C(=O)O)N(CC)Cc1cccs1. The van der Waals surface area contributed by atoms with Crippen LogP contribution in [0.25, 0.3) is 0 Å². The Kier molecular flexibility index (Phi) is 6.22. The molecule has 1 rings (SSSR count). The van der Waals surface area contributed by atoms with Crippen molar-refractivity contribution >= 4 is 17.3 Å². The summed E-state index contributed by atoms with van der Waals surface area (Å²) in [5.74, 6) is -0.697. The van der Waals surface area contributed by atoms with Gasteiger partial charge in [0.05, 0.1) is 0 Å². The van der Waals surface area contributed by atoms with Crippen LogP contribution in [0, 0.1) is 0 Å². The molecule has 0 bridgehead atoms. The van der Waals surface area contributed by atoms with Crippen LogP contribution < -0.4 is 0 Å². The Hall–Kier alpha value is -0.870. The number of carboxylic acid groups (broad SMARTS) is 1. The fourth-order valence-electron chi connectivity index (χ4n) is 1.90. The number of hydrogen-bond donors (Lipinski definition) is 1. The second-order valence-electron chi connectivity index (χ2n) is 4.14. The molecule has 0 radical (unpaired) electrons. The number of hydrogen-bond acceptors (Lipinski definition) is 3. The van der Waals surface area contributed by atoms with Gasteiger partial charge in [0, 0.05) is 11.4 Å². The van der Waals surface area contributed by atoms with Gasteiger partial charge in [-0.2, -0.15) is 0 Å². The van der Waals surface area contributed by atoms with Crippen molar-refractivity contribution in [3.8, 4) is 0 Å². The van der Waals surface area contributed by atoms with Crippen LogP contribution >= 0.6 is 11.3 Å². The van der Waals surface area contributed by atoms with E-state index in [4.69, 9.17) is 0 Å². The number of carbonyl (C=O) groups is 1. The Morgan fingerprint density at radius 2 is 2.29 bits per heavy atom. The largest absolute Gasteiger partial charge is 0.480 e. The van der Waals surface area contributed by atoms with Crippen LogP contribution in [0.2, 0.25) is 0 Å². The molecule has 0 spiro atoms. The van der Waals surface area contributed by atoms with Crippen molar-refractivity contribution in [3.05, 3.63) is 22.4 Å². The highest BCUT2D eigenvalue weighted by Gasteiger charge is 2.23. The number of unbranched alkanes of at least 4 members (excludes halogenated alkanes) is 1. The Labute approximate surface area is 107 Å². The van der Waals surface area contributed by atoms with Gasteiger partial charge in [-0.25, -0.2) is 0 Å². The maximum atomic E-state index is 11.3. The molecule has 1 N–H and O–H groups in total. The highest BCUT2D eigenvalue weighted by atomic mass is 32.1. The predicted molar refractivity (Wildman–Crippen MR) is 71.4 cm³/mol. The van der Waals surface area contributed by atoms with Crippen LogP contribution in [0.4, 0.5) is 0 Å². The molecular formula is C13H21NO2S.